The van der Waals surface area contributed by atoms with Crippen LogP contribution in [0.2, 0.25) is 0 Å². The molecule has 16 heavy (non-hydrogen) atoms. The first-order valence-electron chi connectivity index (χ1n) is 4.63. The second-order valence-corrected chi connectivity index (χ2v) is 3.16. The monoisotopic (exact) mass is 245 g/mol. The van der Waals surface area contributed by atoms with Crippen LogP contribution in [0.25, 0.3) is 0 Å². The molecule has 1 aromatic rings. The van der Waals surface area contributed by atoms with E-state index in [-0.39, 0.29) is 30.8 Å². The highest BCUT2D eigenvalue weighted by atomic mass is 35.5. The summed E-state index contributed by atoms with van der Waals surface area (Å²) in [4.78, 5) is 11.0. The second kappa shape index (κ2) is 7.09. The number of halogens is 1. The van der Waals surface area contributed by atoms with E-state index in [4.69, 9.17) is 10.5 Å². The van der Waals surface area contributed by atoms with Gasteiger partial charge in [-0.2, -0.15) is 0 Å². The van der Waals surface area contributed by atoms with E-state index in [0.29, 0.717) is 0 Å². The van der Waals surface area contributed by atoms with Gasteiger partial charge in [0.05, 0.1) is 20.6 Å². The molecule has 1 rings (SSSR count). The number of hydrogen-bond acceptors (Lipinski definition) is 4. The molecular weight excluding hydrogens is 230 g/mol. The predicted molar refractivity (Wildman–Crippen MR) is 63.8 cm³/mol. The Morgan fingerprint density at radius 1 is 1.44 bits per heavy atom. The van der Waals surface area contributed by atoms with E-state index < -0.39 is 0 Å². The smallest absolute Gasteiger partial charge is 0.307 e. The molecular formula is C11H16ClNO3. The van der Waals surface area contributed by atoms with Crippen LogP contribution in [0.15, 0.2) is 24.3 Å². The van der Waals surface area contributed by atoms with Gasteiger partial charge in [-0.25, -0.2) is 0 Å². The topological polar surface area (TPSA) is 61.5 Å². The molecule has 0 aliphatic carbocycles. The highest BCUT2D eigenvalue weighted by Crippen LogP contribution is 2.19. The molecule has 0 unspecified atom stereocenters. The van der Waals surface area contributed by atoms with Gasteiger partial charge in [0.2, 0.25) is 0 Å². The number of rotatable bonds is 4. The molecule has 0 amide bonds. The Bertz CT molecular complexity index is 344. The Hall–Kier alpha value is -1.26. The molecule has 0 heterocycles. The number of carbonyl (C=O) groups is 1. The average molecular weight is 246 g/mol. The van der Waals surface area contributed by atoms with Crippen LogP contribution < -0.4 is 10.5 Å². The van der Waals surface area contributed by atoms with E-state index in [9.17, 15) is 4.79 Å². The number of carbonyl (C=O) groups excluding carboxylic acids is 1. The van der Waals surface area contributed by atoms with Gasteiger partial charge in [-0.3, -0.25) is 4.79 Å². The van der Waals surface area contributed by atoms with Gasteiger partial charge in [-0.15, -0.1) is 12.4 Å². The van der Waals surface area contributed by atoms with E-state index in [0.717, 1.165) is 11.3 Å². The van der Waals surface area contributed by atoms with Crippen molar-refractivity contribution in [3.05, 3.63) is 29.8 Å². The van der Waals surface area contributed by atoms with Crippen LogP contribution in [-0.4, -0.2) is 20.2 Å². The molecule has 5 heteroatoms. The number of esters is 1. The van der Waals surface area contributed by atoms with Crippen molar-refractivity contribution in [2.75, 3.05) is 14.2 Å². The third-order valence-corrected chi connectivity index (χ3v) is 2.14. The van der Waals surface area contributed by atoms with E-state index >= 15 is 0 Å². The first-order valence-corrected chi connectivity index (χ1v) is 4.63. The van der Waals surface area contributed by atoms with Gasteiger partial charge in [-0.05, 0) is 17.7 Å². The Morgan fingerprint density at radius 2 is 2.12 bits per heavy atom. The first-order chi connectivity index (χ1) is 7.17. The predicted octanol–water partition coefficient (Wildman–Crippen LogP) is 1.68. The summed E-state index contributed by atoms with van der Waals surface area (Å²) in [5.41, 5.74) is 6.70. The van der Waals surface area contributed by atoms with E-state index in [1.807, 2.05) is 24.3 Å². The van der Waals surface area contributed by atoms with Crippen molar-refractivity contribution in [1.82, 2.24) is 0 Å². The van der Waals surface area contributed by atoms with Gasteiger partial charge in [0, 0.05) is 6.04 Å². The van der Waals surface area contributed by atoms with E-state index in [1.54, 1.807) is 7.11 Å². The zero-order chi connectivity index (χ0) is 11.3. The fraction of sp³-hybridized carbons (Fsp3) is 0.364. The lowest BCUT2D eigenvalue weighted by Gasteiger charge is -2.11. The van der Waals surface area contributed by atoms with Crippen LogP contribution in [0.5, 0.6) is 5.75 Å². The van der Waals surface area contributed by atoms with Gasteiger partial charge >= 0.3 is 5.97 Å². The largest absolute Gasteiger partial charge is 0.497 e. The summed E-state index contributed by atoms with van der Waals surface area (Å²) >= 11 is 0. The molecule has 0 radical (unpaired) electrons. The van der Waals surface area contributed by atoms with Gasteiger partial charge in [0.25, 0.3) is 0 Å². The molecule has 0 bridgehead atoms. The van der Waals surface area contributed by atoms with Gasteiger partial charge in [-0.1, -0.05) is 12.1 Å². The van der Waals surface area contributed by atoms with Crippen molar-refractivity contribution in [2.24, 2.45) is 5.73 Å². The molecule has 0 aliphatic heterocycles. The lowest BCUT2D eigenvalue weighted by molar-refractivity contribution is -0.141. The molecule has 0 saturated carbocycles. The molecule has 2 N–H and O–H groups in total. The molecule has 0 saturated heterocycles. The zero-order valence-corrected chi connectivity index (χ0v) is 10.1. The normalized spacial score (nSPS) is 11.2. The minimum atomic E-state index is -0.354. The van der Waals surface area contributed by atoms with E-state index in [1.165, 1.54) is 7.11 Å². The van der Waals surface area contributed by atoms with Crippen molar-refractivity contribution < 1.29 is 14.3 Å². The third kappa shape index (κ3) is 4.08. The Morgan fingerprint density at radius 3 is 2.69 bits per heavy atom. The molecule has 0 fully saturated rings. The summed E-state index contributed by atoms with van der Waals surface area (Å²) < 4.78 is 9.61. The summed E-state index contributed by atoms with van der Waals surface area (Å²) in [6.07, 6.45) is 0.170. The van der Waals surface area contributed by atoms with Crippen LogP contribution in [0.3, 0.4) is 0 Å². The van der Waals surface area contributed by atoms with Crippen molar-refractivity contribution in [1.29, 1.82) is 0 Å². The quantitative estimate of drug-likeness (QED) is 0.820. The summed E-state index contributed by atoms with van der Waals surface area (Å²) in [5.74, 6) is 0.415. The van der Waals surface area contributed by atoms with Gasteiger partial charge in [0.1, 0.15) is 5.75 Å². The van der Waals surface area contributed by atoms with Crippen molar-refractivity contribution in [3.8, 4) is 5.75 Å². The van der Waals surface area contributed by atoms with Crippen LogP contribution >= 0.6 is 12.4 Å². The van der Waals surface area contributed by atoms with Crippen LogP contribution in [0, 0.1) is 0 Å². The molecule has 1 atom stereocenters. The lowest BCUT2D eigenvalue weighted by atomic mass is 10.0. The third-order valence-electron chi connectivity index (χ3n) is 2.14. The Kier molecular flexibility index (Phi) is 6.53. The second-order valence-electron chi connectivity index (χ2n) is 3.16. The molecule has 90 valence electrons. The number of methoxy groups -OCH3 is 2. The maximum absolute atomic E-state index is 11.0. The van der Waals surface area contributed by atoms with Crippen molar-refractivity contribution in [2.45, 2.75) is 12.5 Å². The molecule has 0 aromatic heterocycles. The summed E-state index contributed by atoms with van der Waals surface area (Å²) in [6, 6.07) is 6.98. The SMILES string of the molecule is COC(=O)C[C@H](N)c1cccc(OC)c1.Cl. The number of ether oxygens (including phenoxy) is 2. The summed E-state index contributed by atoms with van der Waals surface area (Å²) in [5, 5.41) is 0. The Labute approximate surface area is 101 Å². The standard InChI is InChI=1S/C11H15NO3.ClH/c1-14-9-5-3-4-8(6-9)10(12)7-11(13)15-2;/h3-6,10H,7,12H2,1-2H3;1H/t10-;/m0./s1. The van der Waals surface area contributed by atoms with Gasteiger partial charge in [0.15, 0.2) is 0 Å². The number of benzene rings is 1. The maximum Gasteiger partial charge on any atom is 0.307 e. The average Bonchev–Trinajstić information content (AvgIpc) is 2.28. The van der Waals surface area contributed by atoms with Crippen LogP contribution in [-0.2, 0) is 9.53 Å². The molecule has 1 aromatic carbocycles. The van der Waals surface area contributed by atoms with Crippen molar-refractivity contribution >= 4 is 18.4 Å². The van der Waals surface area contributed by atoms with Crippen molar-refractivity contribution in [3.63, 3.8) is 0 Å². The first kappa shape index (κ1) is 14.7. The lowest BCUT2D eigenvalue weighted by Crippen LogP contribution is -2.16. The molecule has 4 nitrogen and oxygen atoms in total. The van der Waals surface area contributed by atoms with Gasteiger partial charge < -0.3 is 15.2 Å². The number of hydrogen-bond donors (Lipinski definition) is 1. The highest BCUT2D eigenvalue weighted by molar-refractivity contribution is 5.85. The molecule has 0 aliphatic rings. The highest BCUT2D eigenvalue weighted by Gasteiger charge is 2.12. The van der Waals surface area contributed by atoms with Crippen LogP contribution in [0.1, 0.15) is 18.0 Å². The Balaban J connectivity index is 0.00000225. The molecule has 0 spiro atoms. The maximum atomic E-state index is 11.0. The minimum Gasteiger partial charge on any atom is -0.497 e. The van der Waals surface area contributed by atoms with Crippen LogP contribution in [0.4, 0.5) is 0 Å². The fourth-order valence-corrected chi connectivity index (χ4v) is 1.25. The zero-order valence-electron chi connectivity index (χ0n) is 9.30. The number of nitrogens with two attached hydrogens (primary N) is 1. The summed E-state index contributed by atoms with van der Waals surface area (Å²) in [7, 11) is 2.94. The fourth-order valence-electron chi connectivity index (χ4n) is 1.25. The van der Waals surface area contributed by atoms with E-state index in [2.05, 4.69) is 4.74 Å². The minimum absolute atomic E-state index is 0. The summed E-state index contributed by atoms with van der Waals surface area (Å²) in [6.45, 7) is 0.